The van der Waals surface area contributed by atoms with Crippen LogP contribution in [0, 0.1) is 19.7 Å². The van der Waals surface area contributed by atoms with Crippen LogP contribution < -0.4 is 4.74 Å². The topological polar surface area (TPSA) is 9.23 Å². The molecular formula is C16H15Br2FO. The molecule has 106 valence electrons. The Morgan fingerprint density at radius 3 is 2.05 bits per heavy atom. The van der Waals surface area contributed by atoms with E-state index in [1.54, 1.807) is 13.2 Å². The molecule has 1 unspecified atom stereocenters. The molecule has 4 heteroatoms. The highest BCUT2D eigenvalue weighted by molar-refractivity contribution is 9.10. The van der Waals surface area contributed by atoms with Gasteiger partial charge in [0.05, 0.1) is 11.9 Å². The van der Waals surface area contributed by atoms with E-state index in [2.05, 4.69) is 44.0 Å². The maximum atomic E-state index is 13.5. The van der Waals surface area contributed by atoms with E-state index in [4.69, 9.17) is 4.74 Å². The summed E-state index contributed by atoms with van der Waals surface area (Å²) in [7, 11) is 1.67. The second-order valence-corrected chi connectivity index (χ2v) is 6.58. The van der Waals surface area contributed by atoms with Crippen molar-refractivity contribution < 1.29 is 9.13 Å². The fraction of sp³-hybridized carbons (Fsp3) is 0.250. The van der Waals surface area contributed by atoms with Crippen LogP contribution in [0.4, 0.5) is 4.39 Å². The summed E-state index contributed by atoms with van der Waals surface area (Å²) in [4.78, 5) is -0.0576. The van der Waals surface area contributed by atoms with Gasteiger partial charge in [-0.3, -0.25) is 0 Å². The van der Waals surface area contributed by atoms with E-state index in [1.807, 2.05) is 19.9 Å². The lowest BCUT2D eigenvalue weighted by atomic mass is 9.99. The smallest absolute Gasteiger partial charge is 0.124 e. The normalized spacial score (nSPS) is 12.3. The van der Waals surface area contributed by atoms with Crippen LogP contribution in [0.5, 0.6) is 5.75 Å². The molecule has 0 saturated carbocycles. The molecule has 0 aliphatic rings. The zero-order valence-corrected chi connectivity index (χ0v) is 14.7. The van der Waals surface area contributed by atoms with Crippen LogP contribution in [0.3, 0.4) is 0 Å². The van der Waals surface area contributed by atoms with Gasteiger partial charge in [-0.15, -0.1) is 0 Å². The average Bonchev–Trinajstić information content (AvgIpc) is 2.36. The molecule has 0 saturated heterocycles. The summed E-state index contributed by atoms with van der Waals surface area (Å²) >= 11 is 6.97. The predicted molar refractivity (Wildman–Crippen MR) is 87.3 cm³/mol. The van der Waals surface area contributed by atoms with Crippen LogP contribution in [0.25, 0.3) is 0 Å². The first-order valence-corrected chi connectivity index (χ1v) is 7.88. The molecule has 0 heterocycles. The first-order valence-electron chi connectivity index (χ1n) is 6.17. The highest BCUT2D eigenvalue weighted by atomic mass is 79.9. The van der Waals surface area contributed by atoms with Crippen molar-refractivity contribution in [3.8, 4) is 5.75 Å². The summed E-state index contributed by atoms with van der Waals surface area (Å²) in [6, 6.07) is 9.03. The highest BCUT2D eigenvalue weighted by Gasteiger charge is 2.15. The number of hydrogen-bond acceptors (Lipinski definition) is 1. The number of hydrogen-bond donors (Lipinski definition) is 0. The van der Waals surface area contributed by atoms with E-state index in [1.165, 1.54) is 6.07 Å². The molecule has 0 radical (unpaired) electrons. The maximum Gasteiger partial charge on any atom is 0.124 e. The van der Waals surface area contributed by atoms with Crippen molar-refractivity contribution in [2.24, 2.45) is 0 Å². The summed E-state index contributed by atoms with van der Waals surface area (Å²) in [5.74, 6) is 0.648. The van der Waals surface area contributed by atoms with Gasteiger partial charge < -0.3 is 4.74 Å². The van der Waals surface area contributed by atoms with Crippen molar-refractivity contribution >= 4 is 31.9 Å². The summed E-state index contributed by atoms with van der Waals surface area (Å²) in [6.45, 7) is 4.02. The molecule has 1 nitrogen and oxygen atoms in total. The molecule has 2 aromatic carbocycles. The third-order valence-electron chi connectivity index (χ3n) is 3.16. The second-order valence-electron chi connectivity index (χ2n) is 4.75. The van der Waals surface area contributed by atoms with Gasteiger partial charge in [0.1, 0.15) is 11.6 Å². The van der Waals surface area contributed by atoms with E-state index in [9.17, 15) is 4.39 Å². The van der Waals surface area contributed by atoms with Gasteiger partial charge in [0, 0.05) is 4.47 Å². The summed E-state index contributed by atoms with van der Waals surface area (Å²) in [5, 5.41) is 0. The first kappa shape index (κ1) is 15.5. The number of ether oxygens (including phenoxy) is 1. The maximum absolute atomic E-state index is 13.5. The first-order chi connectivity index (χ1) is 9.42. The minimum atomic E-state index is -0.249. The van der Waals surface area contributed by atoms with Crippen LogP contribution >= 0.6 is 31.9 Å². The Morgan fingerprint density at radius 1 is 1.00 bits per heavy atom. The molecule has 0 aliphatic carbocycles. The molecule has 0 amide bonds. The van der Waals surface area contributed by atoms with Gasteiger partial charge in [0.15, 0.2) is 0 Å². The van der Waals surface area contributed by atoms with Crippen LogP contribution in [-0.2, 0) is 0 Å². The van der Waals surface area contributed by atoms with Gasteiger partial charge in [-0.2, -0.15) is 0 Å². The van der Waals surface area contributed by atoms with Crippen molar-refractivity contribution in [1.82, 2.24) is 0 Å². The van der Waals surface area contributed by atoms with Crippen LogP contribution in [0.2, 0.25) is 0 Å². The third kappa shape index (κ3) is 3.23. The number of methoxy groups -OCH3 is 1. The summed E-state index contributed by atoms with van der Waals surface area (Å²) in [5.41, 5.74) is 4.10. The van der Waals surface area contributed by atoms with Crippen molar-refractivity contribution in [1.29, 1.82) is 0 Å². The van der Waals surface area contributed by atoms with Crippen molar-refractivity contribution in [2.45, 2.75) is 18.7 Å². The Balaban J connectivity index is 2.45. The average molecular weight is 402 g/mol. The zero-order chi connectivity index (χ0) is 14.9. The third-order valence-corrected chi connectivity index (χ3v) is 4.67. The Bertz CT molecular complexity index is 597. The fourth-order valence-electron chi connectivity index (χ4n) is 2.37. The van der Waals surface area contributed by atoms with E-state index in [0.717, 1.165) is 32.5 Å². The molecular weight excluding hydrogens is 387 g/mol. The molecule has 0 bridgehead atoms. The van der Waals surface area contributed by atoms with Gasteiger partial charge in [-0.1, -0.05) is 44.0 Å². The Kier molecular flexibility index (Phi) is 4.86. The molecule has 2 rings (SSSR count). The molecule has 2 aromatic rings. The minimum Gasteiger partial charge on any atom is -0.496 e. The number of alkyl halides is 1. The van der Waals surface area contributed by atoms with Gasteiger partial charge in [-0.25, -0.2) is 4.39 Å². The quantitative estimate of drug-likeness (QED) is 0.599. The van der Waals surface area contributed by atoms with Gasteiger partial charge >= 0.3 is 0 Å². The van der Waals surface area contributed by atoms with E-state index >= 15 is 0 Å². The number of rotatable bonds is 3. The van der Waals surface area contributed by atoms with Crippen molar-refractivity contribution in [3.05, 3.63) is 62.9 Å². The largest absolute Gasteiger partial charge is 0.496 e. The number of benzene rings is 2. The molecule has 0 aromatic heterocycles. The molecule has 0 N–H and O–H groups in total. The summed E-state index contributed by atoms with van der Waals surface area (Å²) in [6.07, 6.45) is 0. The second kappa shape index (κ2) is 6.27. The van der Waals surface area contributed by atoms with Crippen LogP contribution in [-0.4, -0.2) is 7.11 Å². The monoisotopic (exact) mass is 400 g/mol. The van der Waals surface area contributed by atoms with Crippen LogP contribution in [0.15, 0.2) is 34.8 Å². The highest BCUT2D eigenvalue weighted by Crippen LogP contribution is 2.36. The molecule has 0 spiro atoms. The Morgan fingerprint density at radius 2 is 1.55 bits per heavy atom. The van der Waals surface area contributed by atoms with Crippen LogP contribution in [0.1, 0.15) is 27.1 Å². The van der Waals surface area contributed by atoms with Crippen molar-refractivity contribution in [2.75, 3.05) is 7.11 Å². The predicted octanol–water partition coefficient (Wildman–Crippen LogP) is 5.70. The van der Waals surface area contributed by atoms with Gasteiger partial charge in [-0.05, 0) is 54.3 Å². The van der Waals surface area contributed by atoms with E-state index < -0.39 is 0 Å². The number of aryl methyl sites for hydroxylation is 2. The molecule has 20 heavy (non-hydrogen) atoms. The number of halogens is 3. The van der Waals surface area contributed by atoms with Crippen molar-refractivity contribution in [3.63, 3.8) is 0 Å². The Hall–Kier alpha value is -0.870. The van der Waals surface area contributed by atoms with E-state index in [-0.39, 0.29) is 10.6 Å². The van der Waals surface area contributed by atoms with E-state index in [0.29, 0.717) is 0 Å². The summed E-state index contributed by atoms with van der Waals surface area (Å²) < 4.78 is 19.6. The standard InChI is InChI=1S/C16H15Br2FO/c1-9-4-11(5-10(2)16(9)20-3)15(18)12-6-13(17)8-14(19)7-12/h4-8,15H,1-3H3. The minimum absolute atomic E-state index is 0.0576. The fourth-order valence-corrected chi connectivity index (χ4v) is 3.38. The van der Waals surface area contributed by atoms with Gasteiger partial charge in [0.2, 0.25) is 0 Å². The zero-order valence-electron chi connectivity index (χ0n) is 11.5. The molecule has 1 atom stereocenters. The molecule has 0 fully saturated rings. The lowest BCUT2D eigenvalue weighted by Crippen LogP contribution is -1.98. The lowest BCUT2D eigenvalue weighted by Gasteiger charge is -2.16. The Labute approximate surface area is 135 Å². The SMILES string of the molecule is COc1c(C)cc(C(Br)c2cc(F)cc(Br)c2)cc1C. The van der Waals surface area contributed by atoms with Gasteiger partial charge in [0.25, 0.3) is 0 Å². The lowest BCUT2D eigenvalue weighted by molar-refractivity contribution is 0.408. The molecule has 0 aliphatic heterocycles.